The molecule has 3 aromatic rings. The molecule has 0 radical (unpaired) electrons. The van der Waals surface area contributed by atoms with Crippen LogP contribution in [0.5, 0.6) is 0 Å². The van der Waals surface area contributed by atoms with Crippen LogP contribution in [0.3, 0.4) is 0 Å². The highest BCUT2D eigenvalue weighted by Crippen LogP contribution is 2.20. The zero-order chi connectivity index (χ0) is 20.9. The highest BCUT2D eigenvalue weighted by Gasteiger charge is 2.15. The Labute approximate surface area is 176 Å². The third-order valence-corrected chi connectivity index (χ3v) is 6.32. The zero-order valence-electron chi connectivity index (χ0n) is 14.9. The summed E-state index contributed by atoms with van der Waals surface area (Å²) in [4.78, 5) is 11.9. The molecule has 2 N–H and O–H groups in total. The van der Waals surface area contributed by atoms with E-state index in [4.69, 9.17) is 11.6 Å². The lowest BCUT2D eigenvalue weighted by molar-refractivity contribution is -0.116. The van der Waals surface area contributed by atoms with Gasteiger partial charge in [-0.1, -0.05) is 35.1 Å². The fourth-order valence-corrected chi connectivity index (χ4v) is 4.28. The van der Waals surface area contributed by atoms with Gasteiger partial charge >= 0.3 is 0 Å². The fraction of sp³-hybridized carbons (Fsp3) is 0.167. The standard InChI is InChI=1S/C18H16ClFN4O3S2/c19-13-3-1-12(2-4-13)11-17-23-24-18(28-17)22-16(25)9-10-21-29(26,27)15-7-5-14(20)6-8-15/h1-8,21H,9-11H2,(H,22,24,25). The molecular formula is C18H16ClFN4O3S2. The van der Waals surface area contributed by atoms with E-state index in [2.05, 4.69) is 20.2 Å². The van der Waals surface area contributed by atoms with Gasteiger partial charge in [-0.15, -0.1) is 10.2 Å². The summed E-state index contributed by atoms with van der Waals surface area (Å²) in [5.41, 5.74) is 1.01. The zero-order valence-corrected chi connectivity index (χ0v) is 17.3. The Morgan fingerprint density at radius 2 is 1.76 bits per heavy atom. The Balaban J connectivity index is 1.48. The number of carbonyl (C=O) groups excluding carboxylic acids is 1. The minimum absolute atomic E-state index is 0.0738. The van der Waals surface area contributed by atoms with Crippen LogP contribution in [0.15, 0.2) is 53.4 Å². The summed E-state index contributed by atoms with van der Waals surface area (Å²) in [7, 11) is -3.81. The summed E-state index contributed by atoms with van der Waals surface area (Å²) in [6.45, 7) is -0.109. The molecule has 0 fully saturated rings. The smallest absolute Gasteiger partial charge is 0.240 e. The molecule has 1 aromatic heterocycles. The van der Waals surface area contributed by atoms with Crippen molar-refractivity contribution >= 4 is 44.0 Å². The fourth-order valence-electron chi connectivity index (χ4n) is 2.33. The number of rotatable bonds is 8. The van der Waals surface area contributed by atoms with Crippen LogP contribution in [-0.4, -0.2) is 31.1 Å². The van der Waals surface area contributed by atoms with E-state index in [0.29, 0.717) is 16.6 Å². The van der Waals surface area contributed by atoms with Gasteiger partial charge in [0, 0.05) is 24.4 Å². The molecule has 0 aliphatic heterocycles. The molecule has 0 aliphatic rings. The first-order valence-corrected chi connectivity index (χ1v) is 11.1. The van der Waals surface area contributed by atoms with Gasteiger partial charge in [0.2, 0.25) is 21.1 Å². The molecule has 1 amide bonds. The summed E-state index contributed by atoms with van der Waals surface area (Å²) in [5, 5.41) is 12.2. The monoisotopic (exact) mass is 454 g/mol. The maximum absolute atomic E-state index is 12.9. The maximum Gasteiger partial charge on any atom is 0.240 e. The lowest BCUT2D eigenvalue weighted by atomic mass is 10.2. The van der Waals surface area contributed by atoms with E-state index in [1.54, 1.807) is 12.1 Å². The van der Waals surface area contributed by atoms with Crippen LogP contribution in [0.2, 0.25) is 5.02 Å². The second kappa shape index (κ2) is 9.40. The normalized spacial score (nSPS) is 11.4. The van der Waals surface area contributed by atoms with Crippen molar-refractivity contribution in [2.45, 2.75) is 17.7 Å². The summed E-state index contributed by atoms with van der Waals surface area (Å²) in [6, 6.07) is 11.8. The predicted octanol–water partition coefficient (Wildman–Crippen LogP) is 3.23. The van der Waals surface area contributed by atoms with E-state index in [0.717, 1.165) is 34.8 Å². The van der Waals surface area contributed by atoms with Crippen molar-refractivity contribution in [1.29, 1.82) is 0 Å². The lowest BCUT2D eigenvalue weighted by Crippen LogP contribution is -2.27. The van der Waals surface area contributed by atoms with Gasteiger partial charge < -0.3 is 5.32 Å². The first-order valence-electron chi connectivity index (χ1n) is 8.44. The van der Waals surface area contributed by atoms with Gasteiger partial charge in [-0.3, -0.25) is 4.79 Å². The van der Waals surface area contributed by atoms with Crippen molar-refractivity contribution in [2.75, 3.05) is 11.9 Å². The van der Waals surface area contributed by atoms with Crippen LogP contribution in [0.25, 0.3) is 0 Å². The molecule has 0 aliphatic carbocycles. The third kappa shape index (κ3) is 6.29. The van der Waals surface area contributed by atoms with E-state index < -0.39 is 21.7 Å². The highest BCUT2D eigenvalue weighted by molar-refractivity contribution is 7.89. The van der Waals surface area contributed by atoms with Gasteiger partial charge in [-0.2, -0.15) is 0 Å². The topological polar surface area (TPSA) is 101 Å². The number of benzene rings is 2. The molecule has 152 valence electrons. The minimum Gasteiger partial charge on any atom is -0.300 e. The number of carbonyl (C=O) groups is 1. The van der Waals surface area contributed by atoms with Crippen LogP contribution < -0.4 is 10.0 Å². The van der Waals surface area contributed by atoms with Crippen molar-refractivity contribution in [3.05, 3.63) is 69.9 Å². The Hall–Kier alpha value is -2.40. The van der Waals surface area contributed by atoms with Gasteiger partial charge in [-0.25, -0.2) is 17.5 Å². The molecule has 2 aromatic carbocycles. The molecule has 3 rings (SSSR count). The molecular weight excluding hydrogens is 439 g/mol. The molecule has 0 saturated carbocycles. The number of hydrogen-bond acceptors (Lipinski definition) is 6. The molecule has 0 unspecified atom stereocenters. The molecule has 29 heavy (non-hydrogen) atoms. The van der Waals surface area contributed by atoms with Gasteiger partial charge in [-0.05, 0) is 42.0 Å². The largest absolute Gasteiger partial charge is 0.300 e. The number of anilines is 1. The molecule has 0 atom stereocenters. The minimum atomic E-state index is -3.81. The number of hydrogen-bond donors (Lipinski definition) is 2. The Morgan fingerprint density at radius 3 is 2.45 bits per heavy atom. The maximum atomic E-state index is 12.9. The molecule has 1 heterocycles. The Kier molecular flexibility index (Phi) is 6.91. The van der Waals surface area contributed by atoms with E-state index in [9.17, 15) is 17.6 Å². The Bertz CT molecular complexity index is 1090. The molecule has 11 heteroatoms. The van der Waals surface area contributed by atoms with Crippen LogP contribution in [0.1, 0.15) is 17.0 Å². The number of sulfonamides is 1. The second-order valence-electron chi connectivity index (χ2n) is 5.95. The van der Waals surface area contributed by atoms with Crippen molar-refractivity contribution in [3.8, 4) is 0 Å². The SMILES string of the molecule is O=C(CCNS(=O)(=O)c1ccc(F)cc1)Nc1nnc(Cc2ccc(Cl)cc2)s1. The average molecular weight is 455 g/mol. The number of nitrogens with one attached hydrogen (secondary N) is 2. The van der Waals surface area contributed by atoms with E-state index in [1.165, 1.54) is 11.3 Å². The molecule has 0 saturated heterocycles. The van der Waals surface area contributed by atoms with Gasteiger partial charge in [0.15, 0.2) is 0 Å². The highest BCUT2D eigenvalue weighted by atomic mass is 35.5. The van der Waals surface area contributed by atoms with Crippen molar-refractivity contribution in [1.82, 2.24) is 14.9 Å². The summed E-state index contributed by atoms with van der Waals surface area (Å²) in [6.07, 6.45) is 0.467. The van der Waals surface area contributed by atoms with Crippen molar-refractivity contribution < 1.29 is 17.6 Å². The van der Waals surface area contributed by atoms with E-state index in [1.807, 2.05) is 12.1 Å². The number of halogens is 2. The first kappa shape index (κ1) is 21.3. The van der Waals surface area contributed by atoms with Crippen molar-refractivity contribution in [2.24, 2.45) is 0 Å². The quantitative estimate of drug-likeness (QED) is 0.544. The first-order chi connectivity index (χ1) is 13.8. The summed E-state index contributed by atoms with van der Waals surface area (Å²) < 4.78 is 39.4. The van der Waals surface area contributed by atoms with Crippen LogP contribution in [0.4, 0.5) is 9.52 Å². The van der Waals surface area contributed by atoms with E-state index in [-0.39, 0.29) is 17.9 Å². The van der Waals surface area contributed by atoms with E-state index >= 15 is 0 Å². The molecule has 7 nitrogen and oxygen atoms in total. The van der Waals surface area contributed by atoms with Crippen LogP contribution >= 0.6 is 22.9 Å². The van der Waals surface area contributed by atoms with Gasteiger partial charge in [0.1, 0.15) is 10.8 Å². The Morgan fingerprint density at radius 1 is 1.07 bits per heavy atom. The van der Waals surface area contributed by atoms with Gasteiger partial charge in [0.05, 0.1) is 4.90 Å². The lowest BCUT2D eigenvalue weighted by Gasteiger charge is -2.06. The molecule has 0 bridgehead atoms. The van der Waals surface area contributed by atoms with Crippen LogP contribution in [-0.2, 0) is 21.2 Å². The molecule has 0 spiro atoms. The average Bonchev–Trinajstić information content (AvgIpc) is 3.10. The van der Waals surface area contributed by atoms with Gasteiger partial charge in [0.25, 0.3) is 0 Å². The third-order valence-electron chi connectivity index (χ3n) is 3.75. The number of amides is 1. The van der Waals surface area contributed by atoms with Crippen LogP contribution in [0, 0.1) is 5.82 Å². The number of aromatic nitrogens is 2. The van der Waals surface area contributed by atoms with Crippen molar-refractivity contribution in [3.63, 3.8) is 0 Å². The second-order valence-corrected chi connectivity index (χ2v) is 9.22. The summed E-state index contributed by atoms with van der Waals surface area (Å²) in [5.74, 6) is -0.934. The number of nitrogens with zero attached hydrogens (tertiary/aromatic N) is 2. The predicted molar refractivity (Wildman–Crippen MR) is 109 cm³/mol. The summed E-state index contributed by atoms with van der Waals surface area (Å²) >= 11 is 7.09.